The molecule has 35 heavy (non-hydrogen) atoms. The smallest absolute Gasteiger partial charge is 0.341 e. The Bertz CT molecular complexity index is 1760. The molecule has 0 saturated carbocycles. The zero-order valence-corrected chi connectivity index (χ0v) is 19.6. The first-order chi connectivity index (χ1) is 16.9. The van der Waals surface area contributed by atoms with Gasteiger partial charge in [-0.05, 0) is 55.3 Å². The molecule has 5 aromatic rings. The van der Waals surface area contributed by atoms with Crippen molar-refractivity contribution in [2.75, 3.05) is 5.32 Å². The lowest BCUT2D eigenvalue weighted by Crippen LogP contribution is -2.41. The molecule has 0 atom stereocenters. The van der Waals surface area contributed by atoms with Gasteiger partial charge in [0.1, 0.15) is 11.0 Å². The minimum Gasteiger partial charge on any atom is -0.355 e. The standard InChI is InChI=1S/C28H24N4O3/c1-18-10-9-12-20(16-18)29-22-17-24(33)30(3)26-25(22)27(34)32(23-15-8-7-11-19(23)2)28(35)31(26)21-13-5-4-6-14-21/h4-17,29H,1-3H3. The zero-order chi connectivity index (χ0) is 24.7. The number of hydrogen-bond donors (Lipinski definition) is 1. The van der Waals surface area contributed by atoms with Crippen LogP contribution in [0, 0.1) is 13.8 Å². The highest BCUT2D eigenvalue weighted by atomic mass is 16.2. The summed E-state index contributed by atoms with van der Waals surface area (Å²) in [5.41, 5.74) is 2.75. The summed E-state index contributed by atoms with van der Waals surface area (Å²) in [6, 6.07) is 25.3. The van der Waals surface area contributed by atoms with Crippen LogP contribution in [0.4, 0.5) is 11.4 Å². The second kappa shape index (κ2) is 8.61. The molecule has 0 saturated heterocycles. The minimum atomic E-state index is -0.550. The van der Waals surface area contributed by atoms with Crippen LogP contribution < -0.4 is 22.1 Å². The molecule has 0 fully saturated rings. The van der Waals surface area contributed by atoms with E-state index in [-0.39, 0.29) is 16.6 Å². The van der Waals surface area contributed by atoms with E-state index in [1.165, 1.54) is 19.8 Å². The van der Waals surface area contributed by atoms with Gasteiger partial charge in [0.25, 0.3) is 11.1 Å². The average Bonchev–Trinajstić information content (AvgIpc) is 2.84. The molecule has 5 rings (SSSR count). The second-order valence-corrected chi connectivity index (χ2v) is 8.53. The number of anilines is 2. The Hall–Kier alpha value is -4.65. The maximum absolute atomic E-state index is 14.0. The molecule has 0 unspecified atom stereocenters. The van der Waals surface area contributed by atoms with Crippen LogP contribution in [0.3, 0.4) is 0 Å². The first kappa shape index (κ1) is 22.2. The van der Waals surface area contributed by atoms with E-state index in [4.69, 9.17) is 0 Å². The molecule has 0 amide bonds. The van der Waals surface area contributed by atoms with E-state index < -0.39 is 11.2 Å². The highest BCUT2D eigenvalue weighted by molar-refractivity contribution is 5.91. The summed E-state index contributed by atoms with van der Waals surface area (Å²) >= 11 is 0. The van der Waals surface area contributed by atoms with Gasteiger partial charge in [0.05, 0.1) is 17.1 Å². The first-order valence-corrected chi connectivity index (χ1v) is 11.2. The highest BCUT2D eigenvalue weighted by Crippen LogP contribution is 2.24. The number of hydrogen-bond acceptors (Lipinski definition) is 4. The van der Waals surface area contributed by atoms with Crippen LogP contribution in [0.25, 0.3) is 22.4 Å². The largest absolute Gasteiger partial charge is 0.355 e. The van der Waals surface area contributed by atoms with E-state index in [1.54, 1.807) is 31.3 Å². The predicted octanol–water partition coefficient (Wildman–Crippen LogP) is 4.20. The molecule has 0 bridgehead atoms. The SMILES string of the molecule is Cc1cccc(Nc2cc(=O)n(C)c3c2c(=O)n(-c2ccccc2C)c(=O)n3-c2ccccc2)c1. The number of aromatic nitrogens is 3. The van der Waals surface area contributed by atoms with Gasteiger partial charge in [-0.25, -0.2) is 13.9 Å². The molecule has 1 N–H and O–H groups in total. The van der Waals surface area contributed by atoms with Gasteiger partial charge in [0, 0.05) is 18.8 Å². The number of para-hydroxylation sites is 2. The number of fused-ring (bicyclic) bond motifs is 1. The number of nitrogens with one attached hydrogen (secondary N) is 1. The van der Waals surface area contributed by atoms with Crippen LogP contribution in [0.5, 0.6) is 0 Å². The molecule has 0 spiro atoms. The molecule has 3 aromatic carbocycles. The predicted molar refractivity (Wildman–Crippen MR) is 140 cm³/mol. The Labute approximate surface area is 201 Å². The van der Waals surface area contributed by atoms with E-state index >= 15 is 0 Å². The van der Waals surface area contributed by atoms with E-state index in [9.17, 15) is 14.4 Å². The zero-order valence-electron chi connectivity index (χ0n) is 19.6. The summed E-state index contributed by atoms with van der Waals surface area (Å²) < 4.78 is 3.94. The lowest BCUT2D eigenvalue weighted by Gasteiger charge is -2.19. The van der Waals surface area contributed by atoms with Gasteiger partial charge in [-0.2, -0.15) is 0 Å². The van der Waals surface area contributed by atoms with Crippen molar-refractivity contribution in [3.8, 4) is 11.4 Å². The monoisotopic (exact) mass is 464 g/mol. The van der Waals surface area contributed by atoms with Crippen LogP contribution in [0.1, 0.15) is 11.1 Å². The average molecular weight is 465 g/mol. The van der Waals surface area contributed by atoms with Gasteiger partial charge in [0.2, 0.25) is 0 Å². The second-order valence-electron chi connectivity index (χ2n) is 8.53. The Morgan fingerprint density at radius 1 is 0.743 bits per heavy atom. The highest BCUT2D eigenvalue weighted by Gasteiger charge is 2.22. The minimum absolute atomic E-state index is 0.221. The summed E-state index contributed by atoms with van der Waals surface area (Å²) in [4.78, 5) is 41.0. The Morgan fingerprint density at radius 3 is 2.17 bits per heavy atom. The number of rotatable bonds is 4. The summed E-state index contributed by atoms with van der Waals surface area (Å²) in [7, 11) is 1.57. The third-order valence-corrected chi connectivity index (χ3v) is 6.09. The Kier molecular flexibility index (Phi) is 5.45. The van der Waals surface area contributed by atoms with Crippen molar-refractivity contribution in [2.45, 2.75) is 13.8 Å². The van der Waals surface area contributed by atoms with Crippen molar-refractivity contribution in [1.29, 1.82) is 0 Å². The number of nitrogens with zero attached hydrogens (tertiary/aromatic N) is 3. The topological polar surface area (TPSA) is 78.0 Å². The molecule has 0 aliphatic rings. The molecule has 7 heteroatoms. The van der Waals surface area contributed by atoms with Gasteiger partial charge < -0.3 is 5.32 Å². The lowest BCUT2D eigenvalue weighted by atomic mass is 10.1. The summed E-state index contributed by atoms with van der Waals surface area (Å²) in [6.07, 6.45) is 0. The fraction of sp³-hybridized carbons (Fsp3) is 0.107. The van der Waals surface area contributed by atoms with Crippen LogP contribution >= 0.6 is 0 Å². The van der Waals surface area contributed by atoms with Gasteiger partial charge in [0.15, 0.2) is 0 Å². The van der Waals surface area contributed by atoms with Gasteiger partial charge in [-0.1, -0.05) is 48.5 Å². The molecular formula is C28H24N4O3. The van der Waals surface area contributed by atoms with Gasteiger partial charge in [-0.15, -0.1) is 0 Å². The van der Waals surface area contributed by atoms with Crippen molar-refractivity contribution >= 4 is 22.4 Å². The summed E-state index contributed by atoms with van der Waals surface area (Å²) in [5, 5.41) is 3.48. The molecule has 0 aliphatic carbocycles. The number of aryl methyl sites for hydroxylation is 3. The van der Waals surface area contributed by atoms with Crippen molar-refractivity contribution in [3.05, 3.63) is 127 Å². The summed E-state index contributed by atoms with van der Waals surface area (Å²) in [5.74, 6) is 0. The third kappa shape index (κ3) is 3.77. The van der Waals surface area contributed by atoms with E-state index in [0.29, 0.717) is 17.1 Å². The quantitative estimate of drug-likeness (QED) is 0.432. The van der Waals surface area contributed by atoms with Crippen molar-refractivity contribution in [2.24, 2.45) is 7.05 Å². The molecule has 174 valence electrons. The summed E-state index contributed by atoms with van der Waals surface area (Å²) in [6.45, 7) is 3.82. The maximum atomic E-state index is 14.0. The molecule has 0 radical (unpaired) electrons. The molecule has 2 aromatic heterocycles. The number of pyridine rings is 1. The van der Waals surface area contributed by atoms with Crippen molar-refractivity contribution < 1.29 is 0 Å². The molecule has 7 nitrogen and oxygen atoms in total. The lowest BCUT2D eigenvalue weighted by molar-refractivity contribution is 0.781. The van der Waals surface area contributed by atoms with Crippen LogP contribution in [-0.4, -0.2) is 13.7 Å². The van der Waals surface area contributed by atoms with Crippen LogP contribution in [0.2, 0.25) is 0 Å². The van der Waals surface area contributed by atoms with E-state index in [1.807, 2.05) is 68.4 Å². The van der Waals surface area contributed by atoms with Gasteiger partial charge >= 0.3 is 5.69 Å². The first-order valence-electron chi connectivity index (χ1n) is 11.2. The van der Waals surface area contributed by atoms with E-state index in [2.05, 4.69) is 5.32 Å². The fourth-order valence-electron chi connectivity index (χ4n) is 4.36. The normalized spacial score (nSPS) is 11.1. The van der Waals surface area contributed by atoms with Gasteiger partial charge in [-0.3, -0.25) is 14.2 Å². The Balaban J connectivity index is 1.98. The van der Waals surface area contributed by atoms with Crippen LogP contribution in [-0.2, 0) is 7.05 Å². The van der Waals surface area contributed by atoms with Crippen LogP contribution in [0.15, 0.2) is 99.3 Å². The molecular weight excluding hydrogens is 440 g/mol. The molecule has 2 heterocycles. The van der Waals surface area contributed by atoms with Crippen molar-refractivity contribution in [1.82, 2.24) is 13.7 Å². The van der Waals surface area contributed by atoms with Crippen molar-refractivity contribution in [3.63, 3.8) is 0 Å². The third-order valence-electron chi connectivity index (χ3n) is 6.09. The number of benzene rings is 3. The fourth-order valence-corrected chi connectivity index (χ4v) is 4.36. The van der Waals surface area contributed by atoms with E-state index in [0.717, 1.165) is 16.8 Å². The maximum Gasteiger partial charge on any atom is 0.341 e. The Morgan fingerprint density at radius 2 is 1.46 bits per heavy atom. The molecule has 0 aliphatic heterocycles.